The third-order valence-corrected chi connectivity index (χ3v) is 4.98. The summed E-state index contributed by atoms with van der Waals surface area (Å²) in [4.78, 5) is 19.2. The number of amides is 1. The van der Waals surface area contributed by atoms with Gasteiger partial charge in [-0.1, -0.05) is 71.4 Å². The van der Waals surface area contributed by atoms with E-state index in [1.807, 2.05) is 80.6 Å². The fraction of sp³-hybridized carbons (Fsp3) is 0.160. The summed E-state index contributed by atoms with van der Waals surface area (Å²) in [6, 6.07) is 25.7. The molecule has 0 radical (unpaired) electrons. The fourth-order valence-corrected chi connectivity index (χ4v) is 3.33. The van der Waals surface area contributed by atoms with Crippen LogP contribution in [0.5, 0.6) is 0 Å². The summed E-state index contributed by atoms with van der Waals surface area (Å²) in [5.41, 5.74) is 4.86. The molecule has 0 atom stereocenters. The number of aromatic nitrogens is 2. The maximum absolute atomic E-state index is 13.0. The molecule has 0 aliphatic rings. The Balaban J connectivity index is 1.48. The lowest BCUT2D eigenvalue weighted by molar-refractivity contribution is 0.0734. The molecule has 0 fully saturated rings. The van der Waals surface area contributed by atoms with Crippen molar-refractivity contribution in [2.24, 2.45) is 0 Å². The van der Waals surface area contributed by atoms with Crippen molar-refractivity contribution in [3.05, 3.63) is 95.9 Å². The summed E-state index contributed by atoms with van der Waals surface area (Å²) in [6.45, 7) is 4.77. The van der Waals surface area contributed by atoms with Crippen molar-refractivity contribution in [3.8, 4) is 22.5 Å². The zero-order chi connectivity index (χ0) is 20.9. The van der Waals surface area contributed by atoms with Crippen LogP contribution in [-0.4, -0.2) is 27.5 Å². The second kappa shape index (κ2) is 8.74. The average molecular weight is 397 g/mol. The number of carbonyl (C=O) groups excluding carboxylic acids is 1. The summed E-state index contributed by atoms with van der Waals surface area (Å²) < 4.78 is 5.40. The summed E-state index contributed by atoms with van der Waals surface area (Å²) in [7, 11) is 0. The Kier molecular flexibility index (Phi) is 5.70. The first kappa shape index (κ1) is 19.6. The lowest BCUT2D eigenvalue weighted by Crippen LogP contribution is -2.30. The zero-order valence-corrected chi connectivity index (χ0v) is 17.1. The van der Waals surface area contributed by atoms with Crippen molar-refractivity contribution >= 4 is 5.91 Å². The average Bonchev–Trinajstić information content (AvgIpc) is 3.26. The van der Waals surface area contributed by atoms with Crippen LogP contribution in [0.1, 0.15) is 28.7 Å². The molecule has 0 saturated heterocycles. The van der Waals surface area contributed by atoms with Crippen LogP contribution < -0.4 is 0 Å². The molecule has 4 rings (SSSR count). The van der Waals surface area contributed by atoms with E-state index in [1.54, 1.807) is 4.90 Å². The number of aryl methyl sites for hydroxylation is 1. The van der Waals surface area contributed by atoms with Crippen molar-refractivity contribution in [1.29, 1.82) is 0 Å². The molecule has 0 aliphatic heterocycles. The summed E-state index contributed by atoms with van der Waals surface area (Å²) in [5, 5.41) is 4.07. The first-order chi connectivity index (χ1) is 14.6. The number of benzene rings is 3. The molecule has 150 valence electrons. The van der Waals surface area contributed by atoms with Gasteiger partial charge in [0, 0.05) is 17.7 Å². The molecule has 0 unspecified atom stereocenters. The standard InChI is InChI=1S/C25H23N3O2/c1-3-28(17-23-26-24(27-30-23)22-11-7-8-18(2)16-22)25(29)21-14-12-20(13-15-21)19-9-5-4-6-10-19/h4-16H,3,17H2,1-2H3. The van der Waals surface area contributed by atoms with Crippen molar-refractivity contribution in [1.82, 2.24) is 15.0 Å². The first-order valence-corrected chi connectivity index (χ1v) is 9.98. The van der Waals surface area contributed by atoms with E-state index in [0.29, 0.717) is 23.8 Å². The Labute approximate surface area is 176 Å². The van der Waals surface area contributed by atoms with Crippen LogP contribution in [0.4, 0.5) is 0 Å². The Hall–Kier alpha value is -3.73. The second-order valence-electron chi connectivity index (χ2n) is 7.14. The molecular formula is C25H23N3O2. The molecule has 0 saturated carbocycles. The SMILES string of the molecule is CCN(Cc1nc(-c2cccc(C)c2)no1)C(=O)c1ccc(-c2ccccc2)cc1. The fourth-order valence-electron chi connectivity index (χ4n) is 3.33. The molecule has 5 heteroatoms. The maximum Gasteiger partial charge on any atom is 0.254 e. The largest absolute Gasteiger partial charge is 0.337 e. The number of carbonyl (C=O) groups is 1. The minimum atomic E-state index is -0.0626. The molecule has 30 heavy (non-hydrogen) atoms. The van der Waals surface area contributed by atoms with Crippen molar-refractivity contribution in [2.75, 3.05) is 6.54 Å². The van der Waals surface area contributed by atoms with Gasteiger partial charge in [0.05, 0.1) is 0 Å². The zero-order valence-electron chi connectivity index (χ0n) is 17.1. The molecule has 0 aliphatic carbocycles. The van der Waals surface area contributed by atoms with Crippen molar-refractivity contribution in [2.45, 2.75) is 20.4 Å². The molecule has 5 nitrogen and oxygen atoms in total. The quantitative estimate of drug-likeness (QED) is 0.439. The van der Waals surface area contributed by atoms with Gasteiger partial charge in [0.25, 0.3) is 5.91 Å². The van der Waals surface area contributed by atoms with Gasteiger partial charge in [0.15, 0.2) is 0 Å². The Bertz CT molecular complexity index is 1130. The van der Waals surface area contributed by atoms with Gasteiger partial charge < -0.3 is 9.42 Å². The van der Waals surface area contributed by atoms with Gasteiger partial charge in [-0.15, -0.1) is 0 Å². The normalized spacial score (nSPS) is 10.7. The van der Waals surface area contributed by atoms with E-state index in [1.165, 1.54) is 0 Å². The second-order valence-corrected chi connectivity index (χ2v) is 7.14. The van der Waals surface area contributed by atoms with Crippen LogP contribution in [0.3, 0.4) is 0 Å². The van der Waals surface area contributed by atoms with Crippen LogP contribution in [0, 0.1) is 6.92 Å². The van der Waals surface area contributed by atoms with E-state index < -0.39 is 0 Å². The number of hydrogen-bond acceptors (Lipinski definition) is 4. The van der Waals surface area contributed by atoms with E-state index in [0.717, 1.165) is 22.3 Å². The number of rotatable bonds is 6. The maximum atomic E-state index is 13.0. The molecule has 0 bridgehead atoms. The molecule has 1 amide bonds. The van der Waals surface area contributed by atoms with E-state index >= 15 is 0 Å². The smallest absolute Gasteiger partial charge is 0.254 e. The van der Waals surface area contributed by atoms with Crippen molar-refractivity contribution in [3.63, 3.8) is 0 Å². The predicted octanol–water partition coefficient (Wildman–Crippen LogP) is 5.37. The highest BCUT2D eigenvalue weighted by Gasteiger charge is 2.18. The predicted molar refractivity (Wildman–Crippen MR) is 117 cm³/mol. The van der Waals surface area contributed by atoms with Crippen LogP contribution in [0.15, 0.2) is 83.4 Å². The van der Waals surface area contributed by atoms with Gasteiger partial charge in [0.1, 0.15) is 6.54 Å². The monoisotopic (exact) mass is 397 g/mol. The van der Waals surface area contributed by atoms with Crippen LogP contribution in [0.25, 0.3) is 22.5 Å². The third-order valence-electron chi connectivity index (χ3n) is 4.98. The van der Waals surface area contributed by atoms with Gasteiger partial charge in [-0.25, -0.2) is 0 Å². The molecule has 0 spiro atoms. The highest BCUT2D eigenvalue weighted by Crippen LogP contribution is 2.21. The van der Waals surface area contributed by atoms with E-state index in [4.69, 9.17) is 4.52 Å². The van der Waals surface area contributed by atoms with Crippen LogP contribution in [0.2, 0.25) is 0 Å². The summed E-state index contributed by atoms with van der Waals surface area (Å²) >= 11 is 0. The summed E-state index contributed by atoms with van der Waals surface area (Å²) in [5.74, 6) is 0.888. The first-order valence-electron chi connectivity index (χ1n) is 9.98. The minimum absolute atomic E-state index is 0.0626. The van der Waals surface area contributed by atoms with Crippen LogP contribution >= 0.6 is 0 Å². The topological polar surface area (TPSA) is 59.2 Å². The molecule has 3 aromatic carbocycles. The molecule has 1 heterocycles. The highest BCUT2D eigenvalue weighted by molar-refractivity contribution is 5.94. The Morgan fingerprint density at radius 3 is 2.30 bits per heavy atom. The summed E-state index contributed by atoms with van der Waals surface area (Å²) in [6.07, 6.45) is 0. The van der Waals surface area contributed by atoms with Gasteiger partial charge in [0.2, 0.25) is 11.7 Å². The minimum Gasteiger partial charge on any atom is -0.337 e. The lowest BCUT2D eigenvalue weighted by Gasteiger charge is -2.19. The van der Waals surface area contributed by atoms with Gasteiger partial charge in [-0.3, -0.25) is 4.79 Å². The number of hydrogen-bond donors (Lipinski definition) is 0. The van der Waals surface area contributed by atoms with Crippen LogP contribution in [-0.2, 0) is 6.54 Å². The van der Waals surface area contributed by atoms with E-state index in [9.17, 15) is 4.79 Å². The van der Waals surface area contributed by atoms with Gasteiger partial charge >= 0.3 is 0 Å². The van der Waals surface area contributed by atoms with E-state index in [-0.39, 0.29) is 12.5 Å². The van der Waals surface area contributed by atoms with Gasteiger partial charge in [-0.05, 0) is 43.2 Å². The molecule has 0 N–H and O–H groups in total. The molecule has 1 aromatic heterocycles. The molecule has 4 aromatic rings. The van der Waals surface area contributed by atoms with Crippen molar-refractivity contribution < 1.29 is 9.32 Å². The third kappa shape index (κ3) is 4.30. The lowest BCUT2D eigenvalue weighted by atomic mass is 10.0. The Morgan fingerprint density at radius 2 is 1.60 bits per heavy atom. The van der Waals surface area contributed by atoms with E-state index in [2.05, 4.69) is 22.3 Å². The highest BCUT2D eigenvalue weighted by atomic mass is 16.5. The molecular weight excluding hydrogens is 374 g/mol. The Morgan fingerprint density at radius 1 is 0.900 bits per heavy atom. The van der Waals surface area contributed by atoms with Gasteiger partial charge in [-0.2, -0.15) is 4.98 Å². The number of nitrogens with zero attached hydrogens (tertiary/aromatic N) is 3.